The lowest BCUT2D eigenvalue weighted by Crippen LogP contribution is -2.53. The summed E-state index contributed by atoms with van der Waals surface area (Å²) >= 11 is 0. The van der Waals surface area contributed by atoms with E-state index in [-0.39, 0.29) is 0 Å². The van der Waals surface area contributed by atoms with Gasteiger partial charge in [0.25, 0.3) is 5.56 Å². The van der Waals surface area contributed by atoms with Crippen LogP contribution >= 0.6 is 7.60 Å². The van der Waals surface area contributed by atoms with E-state index in [1.165, 1.54) is 0 Å². The summed E-state index contributed by atoms with van der Waals surface area (Å²) in [6.07, 6.45) is -5.48. The molecule has 0 aliphatic carbocycles. The fourth-order valence-corrected chi connectivity index (χ4v) is 3.22. The van der Waals surface area contributed by atoms with Crippen LogP contribution in [0.5, 0.6) is 0 Å². The minimum Gasteiger partial charge on any atom is -0.347 e. The molecule has 1 aromatic heterocycles. The van der Waals surface area contributed by atoms with Gasteiger partial charge in [0.2, 0.25) is 0 Å². The highest BCUT2D eigenvalue weighted by molar-refractivity contribution is 7.57. The number of nitrogens with zero attached hydrogens (tertiary/aromatic N) is 2. The molecule has 28 heavy (non-hydrogen) atoms. The highest BCUT2D eigenvalue weighted by Gasteiger charge is 2.45. The van der Waals surface area contributed by atoms with Gasteiger partial charge in [0.15, 0.2) is 6.23 Å². The summed E-state index contributed by atoms with van der Waals surface area (Å²) in [5, 5.41) is 0. The highest BCUT2D eigenvalue weighted by atomic mass is 31.2. The molecule has 1 N–H and O–H groups in total. The summed E-state index contributed by atoms with van der Waals surface area (Å²) in [5.41, 5.74) is -1.64. The van der Waals surface area contributed by atoms with Gasteiger partial charge in [0, 0.05) is 32.3 Å². The molecule has 0 saturated carbocycles. The number of carbonyl (C=O) groups excluding carboxylic acids is 1. The summed E-state index contributed by atoms with van der Waals surface area (Å²) < 4.78 is 66.4. The molecule has 0 bridgehead atoms. The van der Waals surface area contributed by atoms with E-state index in [9.17, 15) is 32.1 Å². The summed E-state index contributed by atoms with van der Waals surface area (Å²) in [6, 6.07) is 0.976. The topological polar surface area (TPSA) is 120 Å². The molecule has 1 aliphatic rings. The Morgan fingerprint density at radius 3 is 2.50 bits per heavy atom. The Morgan fingerprint density at radius 2 is 1.96 bits per heavy atom. The SMILES string of the molecule is COP(=O)(/C=C/C1CN(C(=O)C(F)(F)F)CC(n2ccc(=O)[nH]c2=O)O1)OC. The van der Waals surface area contributed by atoms with Crippen LogP contribution in [0.2, 0.25) is 0 Å². The third-order valence-corrected chi connectivity index (χ3v) is 5.35. The van der Waals surface area contributed by atoms with Gasteiger partial charge in [-0.25, -0.2) is 4.79 Å². The quantitative estimate of drug-likeness (QED) is 0.691. The van der Waals surface area contributed by atoms with Crippen molar-refractivity contribution in [1.29, 1.82) is 0 Å². The second-order valence-corrected chi connectivity index (χ2v) is 7.71. The van der Waals surface area contributed by atoms with Gasteiger partial charge in [0.05, 0.1) is 19.2 Å². The van der Waals surface area contributed by atoms with Gasteiger partial charge in [0.1, 0.15) is 0 Å². The normalized spacial score (nSPS) is 21.2. The van der Waals surface area contributed by atoms with E-state index in [0.717, 1.165) is 42.9 Å². The van der Waals surface area contributed by atoms with Gasteiger partial charge in [-0.3, -0.25) is 23.7 Å². The Hall–Kier alpha value is -2.21. The molecule has 156 valence electrons. The number of nitrogens with one attached hydrogen (secondary N) is 1. The van der Waals surface area contributed by atoms with Crippen molar-refractivity contribution in [3.63, 3.8) is 0 Å². The molecule has 2 unspecified atom stereocenters. The van der Waals surface area contributed by atoms with Gasteiger partial charge in [-0.2, -0.15) is 13.2 Å². The number of halogens is 3. The molecule has 2 rings (SSSR count). The van der Waals surface area contributed by atoms with E-state index in [2.05, 4.69) is 9.05 Å². The van der Waals surface area contributed by atoms with Gasteiger partial charge >= 0.3 is 25.4 Å². The van der Waals surface area contributed by atoms with E-state index in [1.807, 2.05) is 4.98 Å². The largest absolute Gasteiger partial charge is 0.471 e. The van der Waals surface area contributed by atoms with E-state index in [4.69, 9.17) is 4.74 Å². The molecule has 0 aromatic carbocycles. The number of morpholine rings is 1. The first kappa shape index (κ1) is 22.1. The molecule has 0 radical (unpaired) electrons. The van der Waals surface area contributed by atoms with E-state index in [1.54, 1.807) is 0 Å². The number of hydrogen-bond acceptors (Lipinski definition) is 7. The van der Waals surface area contributed by atoms with Crippen molar-refractivity contribution in [2.24, 2.45) is 0 Å². The Bertz CT molecular complexity index is 902. The van der Waals surface area contributed by atoms with Crippen molar-refractivity contribution in [3.05, 3.63) is 45.0 Å². The average Bonchev–Trinajstić information content (AvgIpc) is 2.64. The lowest BCUT2D eigenvalue weighted by molar-refractivity contribution is -0.196. The number of alkyl halides is 3. The number of rotatable bonds is 5. The van der Waals surface area contributed by atoms with Gasteiger partial charge < -0.3 is 18.7 Å². The van der Waals surface area contributed by atoms with Crippen LogP contribution in [0.15, 0.2) is 33.7 Å². The van der Waals surface area contributed by atoms with Crippen LogP contribution in [-0.4, -0.2) is 59.9 Å². The van der Waals surface area contributed by atoms with E-state index >= 15 is 0 Å². The van der Waals surface area contributed by atoms with Crippen LogP contribution in [0.25, 0.3) is 0 Å². The second-order valence-electron chi connectivity index (χ2n) is 5.60. The van der Waals surface area contributed by atoms with Gasteiger partial charge in [-0.15, -0.1) is 0 Å². The molecule has 14 heteroatoms. The summed E-state index contributed by atoms with van der Waals surface area (Å²) in [4.78, 5) is 37.2. The number of carbonyl (C=O) groups is 1. The minimum atomic E-state index is -5.14. The van der Waals surface area contributed by atoms with E-state index in [0.29, 0.717) is 4.90 Å². The van der Waals surface area contributed by atoms with Crippen molar-refractivity contribution < 1.29 is 36.3 Å². The summed E-state index contributed by atoms with van der Waals surface area (Å²) in [5.74, 6) is -1.15. The standard InChI is InChI=1S/C14H17F3N3O7P/c1-25-28(24,26-2)6-4-9-7-19(12(22)14(15,16)17)8-11(27-9)20-5-3-10(21)18-13(20)23/h3-6,9,11H,7-8H2,1-2H3,(H,18,21,23)/b6-4+. The Kier molecular flexibility index (Phi) is 6.65. The first-order valence-corrected chi connectivity index (χ1v) is 9.34. The van der Waals surface area contributed by atoms with Crippen molar-refractivity contribution in [2.45, 2.75) is 18.5 Å². The number of H-pyrrole nitrogens is 1. The lowest BCUT2D eigenvalue weighted by atomic mass is 10.2. The fourth-order valence-electron chi connectivity index (χ4n) is 2.42. The maximum atomic E-state index is 12.9. The monoisotopic (exact) mass is 427 g/mol. The number of amides is 1. The third kappa shape index (κ3) is 5.19. The second kappa shape index (κ2) is 8.43. The molecule has 1 aromatic rings. The number of ether oxygens (including phenoxy) is 1. The van der Waals surface area contributed by atoms with Gasteiger partial charge in [-0.05, 0) is 6.08 Å². The van der Waals surface area contributed by atoms with Crippen molar-refractivity contribution in [2.75, 3.05) is 27.3 Å². The first-order valence-electron chi connectivity index (χ1n) is 7.72. The molecule has 2 heterocycles. The lowest BCUT2D eigenvalue weighted by Gasteiger charge is -2.37. The smallest absolute Gasteiger partial charge is 0.347 e. The highest BCUT2D eigenvalue weighted by Crippen LogP contribution is 2.48. The van der Waals surface area contributed by atoms with Crippen molar-refractivity contribution >= 4 is 13.5 Å². The van der Waals surface area contributed by atoms with Crippen LogP contribution < -0.4 is 11.2 Å². The van der Waals surface area contributed by atoms with Crippen molar-refractivity contribution in [1.82, 2.24) is 14.5 Å². The Balaban J connectivity index is 2.37. The molecular weight excluding hydrogens is 410 g/mol. The zero-order chi connectivity index (χ0) is 21.1. The molecule has 0 spiro atoms. The molecular formula is C14H17F3N3O7P. The zero-order valence-corrected chi connectivity index (χ0v) is 15.6. The van der Waals surface area contributed by atoms with Crippen LogP contribution in [0.4, 0.5) is 13.2 Å². The molecule has 1 saturated heterocycles. The van der Waals surface area contributed by atoms with Crippen LogP contribution in [0.1, 0.15) is 6.23 Å². The molecule has 10 nitrogen and oxygen atoms in total. The van der Waals surface area contributed by atoms with Crippen molar-refractivity contribution in [3.8, 4) is 0 Å². The zero-order valence-electron chi connectivity index (χ0n) is 14.7. The maximum absolute atomic E-state index is 12.9. The molecule has 2 atom stereocenters. The Labute approximate surface area is 156 Å². The van der Waals surface area contributed by atoms with Crippen LogP contribution in [0, 0.1) is 0 Å². The molecule has 1 amide bonds. The summed E-state index contributed by atoms with van der Waals surface area (Å²) in [6.45, 7) is -1.11. The summed E-state index contributed by atoms with van der Waals surface area (Å²) in [7, 11) is -1.41. The maximum Gasteiger partial charge on any atom is 0.471 e. The van der Waals surface area contributed by atoms with E-state index < -0.39 is 56.3 Å². The number of aromatic amines is 1. The van der Waals surface area contributed by atoms with Crippen LogP contribution in [0.3, 0.4) is 0 Å². The predicted octanol–water partition coefficient (Wildman–Crippen LogP) is 0.824. The minimum absolute atomic E-state index is 0.450. The molecule has 1 fully saturated rings. The third-order valence-electron chi connectivity index (χ3n) is 3.79. The predicted molar refractivity (Wildman–Crippen MR) is 88.6 cm³/mol. The van der Waals surface area contributed by atoms with Gasteiger partial charge in [-0.1, -0.05) is 0 Å². The average molecular weight is 427 g/mol. The number of aromatic nitrogens is 2. The molecule has 1 aliphatic heterocycles. The van der Waals surface area contributed by atoms with Crippen LogP contribution in [-0.2, 0) is 23.1 Å². The number of hydrogen-bond donors (Lipinski definition) is 1. The first-order chi connectivity index (χ1) is 13.0. The fraction of sp³-hybridized carbons (Fsp3) is 0.500. The Morgan fingerprint density at radius 1 is 1.32 bits per heavy atom.